The molecular weight excluding hydrogens is 583 g/mol. The lowest BCUT2D eigenvalue weighted by Crippen LogP contribution is -2.70. The maximum atomic E-state index is 12.8. The Bertz CT molecular complexity index is 1360. The number of hydrogen-bond donors (Lipinski definition) is 4. The van der Waals surface area contributed by atoms with Crippen LogP contribution in [0.2, 0.25) is 10.3 Å². The van der Waals surface area contributed by atoms with E-state index in [9.17, 15) is 24.3 Å². The van der Waals surface area contributed by atoms with Crippen molar-refractivity contribution in [1.29, 1.82) is 0 Å². The molecule has 1 fully saturated rings. The van der Waals surface area contributed by atoms with Gasteiger partial charge < -0.3 is 16.2 Å². The zero-order valence-corrected chi connectivity index (χ0v) is 22.6. The highest BCUT2D eigenvalue weighted by molar-refractivity contribution is 8.00. The summed E-state index contributed by atoms with van der Waals surface area (Å²) < 4.78 is 0. The van der Waals surface area contributed by atoms with E-state index in [2.05, 4.69) is 20.3 Å². The summed E-state index contributed by atoms with van der Waals surface area (Å²) in [5.74, 6) is -1.36. The molecule has 11 nitrogen and oxygen atoms in total. The molecule has 1 saturated heterocycles. The van der Waals surface area contributed by atoms with Gasteiger partial charge in [-0.2, -0.15) is 0 Å². The molecule has 5 N–H and O–H groups in total. The van der Waals surface area contributed by atoms with E-state index < -0.39 is 23.3 Å². The van der Waals surface area contributed by atoms with Crippen LogP contribution in [-0.4, -0.2) is 71.4 Å². The lowest BCUT2D eigenvalue weighted by Gasteiger charge is -2.49. The minimum atomic E-state index is -1.23. The van der Waals surface area contributed by atoms with Crippen LogP contribution in [0.4, 0.5) is 5.95 Å². The number of aromatic amines is 1. The number of aromatic nitrogens is 3. The van der Waals surface area contributed by atoms with Crippen LogP contribution < -0.4 is 16.6 Å². The fraction of sp³-hybridized carbons (Fsp3) is 0.238. The number of nitrogens with one attached hydrogen (secondary N) is 2. The molecule has 194 valence electrons. The molecule has 0 unspecified atom stereocenters. The molecule has 2 aromatic heterocycles. The molecule has 4 rings (SSSR count). The van der Waals surface area contributed by atoms with Crippen LogP contribution in [0.1, 0.15) is 0 Å². The highest BCUT2D eigenvalue weighted by atomic mass is 35.5. The molecule has 0 aromatic carbocycles. The van der Waals surface area contributed by atoms with Gasteiger partial charge in [-0.3, -0.25) is 24.3 Å². The maximum Gasteiger partial charge on any atom is 0.352 e. The molecule has 0 bridgehead atoms. The van der Waals surface area contributed by atoms with Crippen LogP contribution in [0.15, 0.2) is 56.3 Å². The summed E-state index contributed by atoms with van der Waals surface area (Å²) in [4.78, 5) is 60.8. The van der Waals surface area contributed by atoms with E-state index in [1.165, 1.54) is 46.3 Å². The van der Waals surface area contributed by atoms with E-state index in [4.69, 9.17) is 28.9 Å². The number of aliphatic carboxylic acids is 1. The number of H-pyrrole nitrogens is 1. The Morgan fingerprint density at radius 2 is 1.97 bits per heavy atom. The first-order valence-corrected chi connectivity index (χ1v) is 14.2. The number of nitrogens with zero attached hydrogens (tertiary/aromatic N) is 3. The Balaban J connectivity index is 1.36. The molecule has 0 spiro atoms. The summed E-state index contributed by atoms with van der Waals surface area (Å²) in [7, 11) is 0. The zero-order chi connectivity index (χ0) is 26.7. The summed E-state index contributed by atoms with van der Waals surface area (Å²) in [6, 6.07) is 3.62. The maximum absolute atomic E-state index is 12.8. The van der Waals surface area contributed by atoms with E-state index >= 15 is 0 Å². The molecular formula is C21H18Cl2N6O5S3. The third kappa shape index (κ3) is 6.62. The normalized spacial score (nSPS) is 19.1. The van der Waals surface area contributed by atoms with Gasteiger partial charge in [-0.05, 0) is 17.7 Å². The molecule has 0 radical (unpaired) electrons. The van der Waals surface area contributed by atoms with Crippen molar-refractivity contribution in [1.82, 2.24) is 25.2 Å². The molecule has 2 amide bonds. The summed E-state index contributed by atoms with van der Waals surface area (Å²) in [6.45, 7) is 0. The van der Waals surface area contributed by atoms with E-state index in [1.54, 1.807) is 24.3 Å². The Kier molecular flexibility index (Phi) is 8.75. The number of pyridine rings is 1. The van der Waals surface area contributed by atoms with Gasteiger partial charge >= 0.3 is 5.97 Å². The van der Waals surface area contributed by atoms with Crippen molar-refractivity contribution < 1.29 is 19.5 Å². The van der Waals surface area contributed by atoms with Crippen LogP contribution in [0, 0.1) is 0 Å². The molecule has 4 heterocycles. The van der Waals surface area contributed by atoms with Crippen LogP contribution in [-0.2, 0) is 14.4 Å². The average Bonchev–Trinajstić information content (AvgIpc) is 2.82. The second-order valence-corrected chi connectivity index (χ2v) is 11.5. The Morgan fingerprint density at radius 1 is 1.24 bits per heavy atom. The number of thioether (sulfide) groups is 3. The highest BCUT2D eigenvalue weighted by Crippen LogP contribution is 2.40. The van der Waals surface area contributed by atoms with Crippen molar-refractivity contribution in [3.05, 3.63) is 62.3 Å². The molecule has 2 aromatic rings. The molecule has 2 aliphatic rings. The van der Waals surface area contributed by atoms with Crippen LogP contribution in [0.25, 0.3) is 0 Å². The number of nitrogens with two attached hydrogens (primary N) is 1. The zero-order valence-electron chi connectivity index (χ0n) is 18.6. The Morgan fingerprint density at radius 3 is 2.65 bits per heavy atom. The number of carboxylic acids is 1. The quantitative estimate of drug-likeness (QED) is 0.144. The molecule has 2 aliphatic heterocycles. The van der Waals surface area contributed by atoms with Gasteiger partial charge in [0, 0.05) is 22.5 Å². The highest BCUT2D eigenvalue weighted by Gasteiger charge is 2.53. The summed E-state index contributed by atoms with van der Waals surface area (Å²) in [5, 5.41) is 12.8. The number of anilines is 1. The first kappa shape index (κ1) is 27.4. The molecule has 37 heavy (non-hydrogen) atoms. The van der Waals surface area contributed by atoms with Crippen molar-refractivity contribution in [3.63, 3.8) is 0 Å². The molecule has 0 saturated carbocycles. The van der Waals surface area contributed by atoms with Gasteiger partial charge in [-0.25, -0.2) is 14.8 Å². The number of rotatable bonds is 9. The summed E-state index contributed by atoms with van der Waals surface area (Å²) in [5.41, 5.74) is 5.51. The van der Waals surface area contributed by atoms with Crippen molar-refractivity contribution in [2.45, 2.75) is 21.3 Å². The second-order valence-electron chi connectivity index (χ2n) is 7.55. The fourth-order valence-corrected chi connectivity index (χ4v) is 6.91. The van der Waals surface area contributed by atoms with E-state index in [-0.39, 0.29) is 39.2 Å². The van der Waals surface area contributed by atoms with Crippen LogP contribution in [0.3, 0.4) is 0 Å². The van der Waals surface area contributed by atoms with Crippen molar-refractivity contribution in [3.8, 4) is 0 Å². The molecule has 0 aliphatic carbocycles. The van der Waals surface area contributed by atoms with Gasteiger partial charge in [0.05, 0.1) is 5.75 Å². The number of halogens is 2. The predicted octanol–water partition coefficient (Wildman–Crippen LogP) is 2.23. The van der Waals surface area contributed by atoms with Crippen LogP contribution >= 0.6 is 58.5 Å². The van der Waals surface area contributed by atoms with Gasteiger partial charge in [-0.1, -0.05) is 35.4 Å². The topological polar surface area (TPSA) is 171 Å². The smallest absolute Gasteiger partial charge is 0.352 e. The van der Waals surface area contributed by atoms with Gasteiger partial charge in [0.25, 0.3) is 11.5 Å². The number of carboxylic acid groups (broad SMARTS) is 1. The number of allylic oxidation sites excluding steroid dienone is 1. The lowest BCUT2D eigenvalue weighted by atomic mass is 10.0. The SMILES string of the molecule is Nc1nc(SC/C=C/C2=C(C(=O)O)N3C(=O)[C@@H](NC(=O)CSc4cc(Cl)nc(Cl)c4)[C@H]3SC2)cc(=O)[nH]1. The van der Waals surface area contributed by atoms with E-state index in [0.717, 1.165) is 0 Å². The summed E-state index contributed by atoms with van der Waals surface area (Å²) in [6.07, 6.45) is 3.36. The fourth-order valence-electron chi connectivity index (χ4n) is 3.51. The van der Waals surface area contributed by atoms with Gasteiger partial charge in [-0.15, -0.1) is 35.3 Å². The minimum absolute atomic E-state index is 0.00673. The predicted molar refractivity (Wildman–Crippen MR) is 144 cm³/mol. The van der Waals surface area contributed by atoms with Gasteiger partial charge in [0.1, 0.15) is 32.4 Å². The first-order chi connectivity index (χ1) is 17.6. The molecule has 2 atom stereocenters. The van der Waals surface area contributed by atoms with E-state index in [1.807, 2.05) is 0 Å². The number of amides is 2. The monoisotopic (exact) mass is 600 g/mol. The number of carbonyl (C=O) groups is 3. The lowest BCUT2D eigenvalue weighted by molar-refractivity contribution is -0.150. The third-order valence-corrected chi connectivity index (χ3v) is 8.54. The van der Waals surface area contributed by atoms with Crippen LogP contribution in [0.5, 0.6) is 0 Å². The second kappa shape index (κ2) is 11.8. The van der Waals surface area contributed by atoms with Gasteiger partial charge in [0.2, 0.25) is 11.9 Å². The van der Waals surface area contributed by atoms with E-state index in [0.29, 0.717) is 27.0 Å². The Hall–Kier alpha value is -2.65. The first-order valence-electron chi connectivity index (χ1n) is 10.4. The Labute approximate surface area is 232 Å². The standard InChI is InChI=1S/C21H18Cl2N6O5S3/c22-11-4-10(5-12(23)25-11)36-8-14(31)26-16-18(32)29-17(20(33)34)9(7-37-19(16)29)2-1-3-35-15-6-13(30)27-21(24)28-15/h1-2,4-6,16,19H,3,7-8H2,(H,26,31)(H,33,34)(H3,24,27,28,30)/b2-1+/t16-,19-/m1/s1. The van der Waals surface area contributed by atoms with Crippen molar-refractivity contribution in [2.75, 3.05) is 23.0 Å². The largest absolute Gasteiger partial charge is 0.477 e. The number of β-lactam (4-membered cyclic amide) rings is 1. The number of hydrogen-bond acceptors (Lipinski definition) is 10. The number of carbonyl (C=O) groups excluding carboxylic acids is 2. The third-order valence-electron chi connectivity index (χ3n) is 5.01. The van der Waals surface area contributed by atoms with Crippen molar-refractivity contribution in [2.24, 2.45) is 0 Å². The minimum Gasteiger partial charge on any atom is -0.477 e. The summed E-state index contributed by atoms with van der Waals surface area (Å²) >= 11 is 15.5. The number of nitrogen functional groups attached to an aromatic ring is 1. The van der Waals surface area contributed by atoms with Gasteiger partial charge in [0.15, 0.2) is 0 Å². The van der Waals surface area contributed by atoms with Crippen molar-refractivity contribution >= 4 is 82.2 Å². The number of fused-ring (bicyclic) bond motifs is 1. The molecule has 16 heteroatoms. The average molecular weight is 602 g/mol.